The lowest BCUT2D eigenvalue weighted by molar-refractivity contribution is -0.139. The van der Waals surface area contributed by atoms with Gasteiger partial charge in [-0.15, -0.1) is 0 Å². The third kappa shape index (κ3) is 6.62. The average molecular weight is 432 g/mol. The molecule has 8 nitrogen and oxygen atoms in total. The summed E-state index contributed by atoms with van der Waals surface area (Å²) in [5.41, 5.74) is 1.31. The number of amides is 4. The zero-order valence-electron chi connectivity index (χ0n) is 18.8. The Kier molecular flexibility index (Phi) is 8.74. The van der Waals surface area contributed by atoms with E-state index in [-0.39, 0.29) is 18.4 Å². The highest BCUT2D eigenvalue weighted by Crippen LogP contribution is 2.24. The van der Waals surface area contributed by atoms with Crippen LogP contribution in [0.25, 0.3) is 0 Å². The predicted molar refractivity (Wildman–Crippen MR) is 118 cm³/mol. The first kappa shape index (κ1) is 24.5. The van der Waals surface area contributed by atoms with Crippen molar-refractivity contribution < 1.29 is 23.9 Å². The fraction of sp³-hybridized carbons (Fsp3) is 0.565. The van der Waals surface area contributed by atoms with E-state index < -0.39 is 23.8 Å². The van der Waals surface area contributed by atoms with Gasteiger partial charge in [0.1, 0.15) is 6.04 Å². The molecular weight excluding hydrogens is 398 g/mol. The number of piperidine rings is 1. The van der Waals surface area contributed by atoms with E-state index in [1.54, 1.807) is 19.1 Å². The third-order valence-corrected chi connectivity index (χ3v) is 5.41. The molecule has 0 radical (unpaired) electrons. The maximum absolute atomic E-state index is 13.2. The maximum Gasteiger partial charge on any atom is 0.263 e. The van der Waals surface area contributed by atoms with Crippen molar-refractivity contribution in [2.75, 3.05) is 18.5 Å². The molecule has 1 aliphatic rings. The molecule has 2 N–H and O–H groups in total. The van der Waals surface area contributed by atoms with E-state index in [1.807, 2.05) is 19.9 Å². The van der Waals surface area contributed by atoms with Crippen LogP contribution >= 0.6 is 0 Å². The number of benzene rings is 1. The number of rotatable bonds is 11. The fourth-order valence-electron chi connectivity index (χ4n) is 3.50. The first-order valence-corrected chi connectivity index (χ1v) is 10.8. The topological polar surface area (TPSA) is 105 Å². The fourth-order valence-corrected chi connectivity index (χ4v) is 3.50. The molecule has 0 spiro atoms. The SMILES string of the molecule is CCCCOC(C)(C)CCNc1cccc(C)c1C(=O)N(C=O)C1CCC(=O)NC1=O. The average Bonchev–Trinajstić information content (AvgIpc) is 2.70. The highest BCUT2D eigenvalue weighted by molar-refractivity contribution is 6.09. The molecule has 1 aromatic rings. The summed E-state index contributed by atoms with van der Waals surface area (Å²) in [7, 11) is 0. The zero-order valence-corrected chi connectivity index (χ0v) is 18.8. The first-order valence-electron chi connectivity index (χ1n) is 10.8. The third-order valence-electron chi connectivity index (χ3n) is 5.41. The Morgan fingerprint density at radius 2 is 2.10 bits per heavy atom. The molecule has 1 saturated heterocycles. The van der Waals surface area contributed by atoms with E-state index in [0.29, 0.717) is 36.4 Å². The Bertz CT molecular complexity index is 821. The van der Waals surface area contributed by atoms with E-state index >= 15 is 0 Å². The summed E-state index contributed by atoms with van der Waals surface area (Å²) < 4.78 is 5.93. The van der Waals surface area contributed by atoms with E-state index in [4.69, 9.17) is 4.74 Å². The summed E-state index contributed by atoms with van der Waals surface area (Å²) in [6, 6.07) is 4.39. The van der Waals surface area contributed by atoms with Crippen LogP contribution < -0.4 is 10.6 Å². The van der Waals surface area contributed by atoms with Gasteiger partial charge in [0.15, 0.2) is 0 Å². The lowest BCUT2D eigenvalue weighted by atomic mass is 10.0. The van der Waals surface area contributed by atoms with Crippen LogP contribution in [0.1, 0.15) is 68.8 Å². The smallest absolute Gasteiger partial charge is 0.263 e. The summed E-state index contributed by atoms with van der Waals surface area (Å²) in [6.45, 7) is 9.24. The zero-order chi connectivity index (χ0) is 23.0. The molecule has 2 rings (SSSR count). The minimum atomic E-state index is -0.999. The van der Waals surface area contributed by atoms with Crippen LogP contribution in [-0.2, 0) is 19.1 Å². The molecule has 4 amide bonds. The molecule has 1 unspecified atom stereocenters. The molecule has 1 aliphatic heterocycles. The molecule has 0 aromatic heterocycles. The molecule has 0 bridgehead atoms. The summed E-state index contributed by atoms with van der Waals surface area (Å²) in [4.78, 5) is 49.5. The van der Waals surface area contributed by atoms with Crippen molar-refractivity contribution in [1.82, 2.24) is 10.2 Å². The number of nitrogens with one attached hydrogen (secondary N) is 2. The van der Waals surface area contributed by atoms with Crippen LogP contribution in [0.3, 0.4) is 0 Å². The Morgan fingerprint density at radius 3 is 2.74 bits per heavy atom. The second-order valence-corrected chi connectivity index (χ2v) is 8.42. The van der Waals surface area contributed by atoms with Crippen molar-refractivity contribution in [1.29, 1.82) is 0 Å². The van der Waals surface area contributed by atoms with Gasteiger partial charge < -0.3 is 10.1 Å². The van der Waals surface area contributed by atoms with Gasteiger partial charge in [0.2, 0.25) is 18.2 Å². The van der Waals surface area contributed by atoms with Crippen molar-refractivity contribution in [3.05, 3.63) is 29.3 Å². The number of ether oxygens (including phenoxy) is 1. The summed E-state index contributed by atoms with van der Waals surface area (Å²) in [5.74, 6) is -1.60. The largest absolute Gasteiger partial charge is 0.384 e. The Balaban J connectivity index is 2.14. The molecule has 0 aliphatic carbocycles. The van der Waals surface area contributed by atoms with Crippen molar-refractivity contribution >= 4 is 29.8 Å². The van der Waals surface area contributed by atoms with Gasteiger partial charge in [-0.3, -0.25) is 29.4 Å². The highest BCUT2D eigenvalue weighted by Gasteiger charge is 2.36. The number of carbonyl (C=O) groups excluding carboxylic acids is 4. The van der Waals surface area contributed by atoms with Crippen molar-refractivity contribution in [2.24, 2.45) is 0 Å². The van der Waals surface area contributed by atoms with Gasteiger partial charge in [-0.2, -0.15) is 0 Å². The number of nitrogens with zero attached hydrogens (tertiary/aromatic N) is 1. The second kappa shape index (κ2) is 11.0. The normalized spacial score (nSPS) is 16.6. The summed E-state index contributed by atoms with van der Waals surface area (Å²) in [6.07, 6.45) is 3.37. The standard InChI is InChI=1S/C23H33N3O5/c1-5-6-14-31-23(3,4)12-13-24-17-9-7-8-16(2)20(17)22(30)26(15-27)18-10-11-19(28)25-21(18)29/h7-9,15,18,24H,5-6,10-14H2,1-4H3,(H,25,28,29). The van der Waals surface area contributed by atoms with Crippen LogP contribution in [0.15, 0.2) is 18.2 Å². The van der Waals surface area contributed by atoms with Gasteiger partial charge in [-0.05, 0) is 51.7 Å². The number of carbonyl (C=O) groups is 4. The number of anilines is 1. The van der Waals surface area contributed by atoms with Crippen LogP contribution in [0.2, 0.25) is 0 Å². The van der Waals surface area contributed by atoms with Crippen LogP contribution in [0, 0.1) is 6.92 Å². The van der Waals surface area contributed by atoms with E-state index in [2.05, 4.69) is 17.6 Å². The quantitative estimate of drug-likeness (QED) is 0.317. The van der Waals surface area contributed by atoms with Crippen molar-refractivity contribution in [3.8, 4) is 0 Å². The Morgan fingerprint density at radius 1 is 1.35 bits per heavy atom. The maximum atomic E-state index is 13.2. The molecule has 0 saturated carbocycles. The van der Waals surface area contributed by atoms with E-state index in [9.17, 15) is 19.2 Å². The lowest BCUT2D eigenvalue weighted by Gasteiger charge is -2.29. The Hall–Kier alpha value is -2.74. The monoisotopic (exact) mass is 431 g/mol. The van der Waals surface area contributed by atoms with E-state index in [1.165, 1.54) is 0 Å². The van der Waals surface area contributed by atoms with Crippen molar-refractivity contribution in [3.63, 3.8) is 0 Å². The van der Waals surface area contributed by atoms with Gasteiger partial charge in [-0.25, -0.2) is 0 Å². The van der Waals surface area contributed by atoms with Crippen LogP contribution in [0.5, 0.6) is 0 Å². The summed E-state index contributed by atoms with van der Waals surface area (Å²) >= 11 is 0. The molecule has 1 fully saturated rings. The van der Waals surface area contributed by atoms with Crippen molar-refractivity contribution in [2.45, 2.75) is 71.4 Å². The van der Waals surface area contributed by atoms with Crippen LogP contribution in [-0.4, -0.2) is 53.8 Å². The second-order valence-electron chi connectivity index (χ2n) is 8.42. The minimum absolute atomic E-state index is 0.0834. The molecule has 1 heterocycles. The predicted octanol–water partition coefficient (Wildman–Crippen LogP) is 2.80. The molecule has 1 atom stereocenters. The first-order chi connectivity index (χ1) is 14.7. The lowest BCUT2D eigenvalue weighted by Crippen LogP contribution is -2.54. The van der Waals surface area contributed by atoms with Gasteiger partial charge in [0.25, 0.3) is 5.91 Å². The van der Waals surface area contributed by atoms with E-state index in [0.717, 1.165) is 24.2 Å². The molecule has 8 heteroatoms. The number of hydrogen-bond donors (Lipinski definition) is 2. The van der Waals surface area contributed by atoms with Gasteiger partial charge >= 0.3 is 0 Å². The number of imide groups is 2. The Labute approximate surface area is 183 Å². The number of unbranched alkanes of at least 4 members (excludes halogenated alkanes) is 1. The van der Waals surface area contributed by atoms with Gasteiger partial charge in [0.05, 0.1) is 11.2 Å². The van der Waals surface area contributed by atoms with Gasteiger partial charge in [0, 0.05) is 25.3 Å². The van der Waals surface area contributed by atoms with Gasteiger partial charge in [-0.1, -0.05) is 25.5 Å². The molecule has 170 valence electrons. The molecule has 1 aromatic carbocycles. The molecule has 31 heavy (non-hydrogen) atoms. The van der Waals surface area contributed by atoms with Crippen LogP contribution in [0.4, 0.5) is 5.69 Å². The number of aryl methyl sites for hydroxylation is 1. The number of hydrogen-bond acceptors (Lipinski definition) is 6. The minimum Gasteiger partial charge on any atom is -0.384 e. The molecular formula is C23H33N3O5. The summed E-state index contributed by atoms with van der Waals surface area (Å²) in [5, 5.41) is 5.47. The highest BCUT2D eigenvalue weighted by atomic mass is 16.5.